The van der Waals surface area contributed by atoms with Crippen molar-refractivity contribution in [1.29, 1.82) is 0 Å². The molecule has 2 nitrogen and oxygen atoms in total. The maximum atomic E-state index is 11.6. The number of halogens is 3. The molecular formula is C8H12F3NO. The summed E-state index contributed by atoms with van der Waals surface area (Å²) in [5, 5.41) is 3.46. The Balaban J connectivity index is 2.34. The zero-order valence-corrected chi connectivity index (χ0v) is 7.61. The number of oxime groups is 1. The maximum absolute atomic E-state index is 11.6. The Morgan fingerprint density at radius 1 is 1.46 bits per heavy atom. The monoisotopic (exact) mass is 195 g/mol. The molecule has 1 aliphatic rings. The van der Waals surface area contributed by atoms with Crippen LogP contribution in [-0.4, -0.2) is 18.5 Å². The molecule has 0 unspecified atom stereocenters. The summed E-state index contributed by atoms with van der Waals surface area (Å²) in [6.45, 7) is 2.57. The van der Waals surface area contributed by atoms with E-state index in [2.05, 4.69) is 9.99 Å². The lowest BCUT2D eigenvalue weighted by Crippen LogP contribution is -2.35. The number of hydrogen-bond donors (Lipinski definition) is 0. The van der Waals surface area contributed by atoms with Crippen LogP contribution in [0.1, 0.15) is 26.7 Å². The lowest BCUT2D eigenvalue weighted by Gasteiger charge is -2.35. The first-order chi connectivity index (χ1) is 5.81. The number of rotatable bonds is 2. The molecule has 0 aliphatic heterocycles. The Bertz CT molecular complexity index is 220. The third kappa shape index (κ3) is 2.90. The van der Waals surface area contributed by atoms with E-state index in [-0.39, 0.29) is 5.41 Å². The van der Waals surface area contributed by atoms with Crippen LogP contribution in [0.4, 0.5) is 13.2 Å². The van der Waals surface area contributed by atoms with Crippen LogP contribution in [0.2, 0.25) is 0 Å². The lowest BCUT2D eigenvalue weighted by atomic mass is 9.70. The predicted octanol–water partition coefficient (Wildman–Crippen LogP) is 2.74. The molecule has 0 bridgehead atoms. The molecule has 1 saturated carbocycles. The lowest BCUT2D eigenvalue weighted by molar-refractivity contribution is -0.174. The first-order valence-electron chi connectivity index (χ1n) is 4.07. The molecule has 1 rings (SSSR count). The highest BCUT2D eigenvalue weighted by molar-refractivity contribution is 5.94. The molecule has 1 fully saturated rings. The van der Waals surface area contributed by atoms with Crippen molar-refractivity contribution in [2.45, 2.75) is 32.9 Å². The third-order valence-electron chi connectivity index (χ3n) is 2.17. The van der Waals surface area contributed by atoms with Gasteiger partial charge in [0.05, 0.1) is 5.71 Å². The second-order valence-corrected chi connectivity index (χ2v) is 3.81. The average Bonchev–Trinajstić information content (AvgIpc) is 1.94. The topological polar surface area (TPSA) is 21.6 Å². The first-order valence-corrected chi connectivity index (χ1v) is 4.07. The minimum atomic E-state index is -4.29. The molecule has 0 amide bonds. The highest BCUT2D eigenvalue weighted by Crippen LogP contribution is 2.37. The summed E-state index contributed by atoms with van der Waals surface area (Å²) in [5.41, 5.74) is 0.641. The summed E-state index contributed by atoms with van der Waals surface area (Å²) in [4.78, 5) is 4.20. The molecule has 0 saturated heterocycles. The van der Waals surface area contributed by atoms with Gasteiger partial charge in [0.25, 0.3) is 0 Å². The summed E-state index contributed by atoms with van der Waals surface area (Å²) in [5.74, 6) is 0. The van der Waals surface area contributed by atoms with Crippen molar-refractivity contribution in [3.05, 3.63) is 0 Å². The highest BCUT2D eigenvalue weighted by atomic mass is 19.4. The van der Waals surface area contributed by atoms with Gasteiger partial charge in [0.15, 0.2) is 0 Å². The fourth-order valence-corrected chi connectivity index (χ4v) is 1.09. The van der Waals surface area contributed by atoms with Crippen LogP contribution in [-0.2, 0) is 4.84 Å². The molecule has 0 atom stereocenters. The first kappa shape index (κ1) is 10.3. The van der Waals surface area contributed by atoms with E-state index in [1.165, 1.54) is 0 Å². The minimum Gasteiger partial charge on any atom is -0.386 e. The Morgan fingerprint density at radius 3 is 2.38 bits per heavy atom. The van der Waals surface area contributed by atoms with Gasteiger partial charge in [0.2, 0.25) is 6.61 Å². The molecule has 13 heavy (non-hydrogen) atoms. The fraction of sp³-hybridized carbons (Fsp3) is 0.875. The van der Waals surface area contributed by atoms with Crippen LogP contribution in [0.25, 0.3) is 0 Å². The summed E-state index contributed by atoms with van der Waals surface area (Å²) < 4.78 is 34.9. The van der Waals surface area contributed by atoms with Crippen molar-refractivity contribution >= 4 is 5.71 Å². The van der Waals surface area contributed by atoms with E-state index in [0.29, 0.717) is 0 Å². The van der Waals surface area contributed by atoms with Crippen molar-refractivity contribution in [3.8, 4) is 0 Å². The van der Waals surface area contributed by atoms with Gasteiger partial charge in [-0.3, -0.25) is 0 Å². The molecule has 0 heterocycles. The van der Waals surface area contributed by atoms with Crippen molar-refractivity contribution < 1.29 is 18.0 Å². The van der Waals surface area contributed by atoms with Crippen molar-refractivity contribution in [3.63, 3.8) is 0 Å². The van der Waals surface area contributed by atoms with E-state index in [1.54, 1.807) is 0 Å². The van der Waals surface area contributed by atoms with E-state index in [9.17, 15) is 13.2 Å². The number of alkyl halides is 3. The summed E-state index contributed by atoms with van der Waals surface area (Å²) >= 11 is 0. The van der Waals surface area contributed by atoms with Gasteiger partial charge in [-0.05, 0) is 12.8 Å². The molecule has 1 aliphatic carbocycles. The van der Waals surface area contributed by atoms with Gasteiger partial charge in [-0.15, -0.1) is 0 Å². The normalized spacial score (nSPS) is 24.2. The summed E-state index contributed by atoms with van der Waals surface area (Å²) in [6, 6.07) is 0. The maximum Gasteiger partial charge on any atom is 0.425 e. The molecule has 0 aromatic heterocycles. The van der Waals surface area contributed by atoms with Gasteiger partial charge in [0.1, 0.15) is 0 Å². The van der Waals surface area contributed by atoms with E-state index in [4.69, 9.17) is 0 Å². The number of nitrogens with zero attached hydrogens (tertiary/aromatic N) is 1. The molecule has 0 aromatic rings. The van der Waals surface area contributed by atoms with Gasteiger partial charge in [0, 0.05) is 5.41 Å². The second-order valence-electron chi connectivity index (χ2n) is 3.81. The second kappa shape index (κ2) is 3.20. The van der Waals surface area contributed by atoms with Crippen molar-refractivity contribution in [2.75, 3.05) is 6.61 Å². The SMILES string of the molecule is CC1(C)CC/C1=N\OCC(F)(F)F. The van der Waals surface area contributed by atoms with Crippen LogP contribution in [0.3, 0.4) is 0 Å². The standard InChI is InChI=1S/C8H12F3NO/c1-7(2)4-3-6(7)12-13-5-8(9,10)11/h3-5H2,1-2H3/b12-6+. The van der Waals surface area contributed by atoms with Crippen LogP contribution < -0.4 is 0 Å². The van der Waals surface area contributed by atoms with Crippen LogP contribution in [0.15, 0.2) is 5.16 Å². The Labute approximate surface area is 74.7 Å². The van der Waals surface area contributed by atoms with Gasteiger partial charge in [-0.1, -0.05) is 19.0 Å². The Hall–Kier alpha value is -0.740. The molecule has 0 spiro atoms. The molecule has 5 heteroatoms. The van der Waals surface area contributed by atoms with Gasteiger partial charge >= 0.3 is 6.18 Å². The smallest absolute Gasteiger partial charge is 0.386 e. The molecule has 0 radical (unpaired) electrons. The highest BCUT2D eigenvalue weighted by Gasteiger charge is 2.35. The molecule has 76 valence electrons. The van der Waals surface area contributed by atoms with E-state index < -0.39 is 12.8 Å². The zero-order chi connectivity index (χ0) is 10.1. The van der Waals surface area contributed by atoms with E-state index >= 15 is 0 Å². The fourth-order valence-electron chi connectivity index (χ4n) is 1.09. The van der Waals surface area contributed by atoms with Crippen LogP contribution >= 0.6 is 0 Å². The number of hydrogen-bond acceptors (Lipinski definition) is 2. The summed E-state index contributed by atoms with van der Waals surface area (Å²) in [7, 11) is 0. The molecule has 0 aromatic carbocycles. The van der Waals surface area contributed by atoms with Gasteiger partial charge < -0.3 is 4.84 Å². The average molecular weight is 195 g/mol. The molecule has 0 N–H and O–H groups in total. The predicted molar refractivity (Wildman–Crippen MR) is 42.5 cm³/mol. The van der Waals surface area contributed by atoms with Gasteiger partial charge in [-0.25, -0.2) is 0 Å². The Morgan fingerprint density at radius 2 is 2.08 bits per heavy atom. The molecular weight excluding hydrogens is 183 g/mol. The van der Waals surface area contributed by atoms with E-state index in [1.807, 2.05) is 13.8 Å². The van der Waals surface area contributed by atoms with Crippen LogP contribution in [0, 0.1) is 5.41 Å². The third-order valence-corrected chi connectivity index (χ3v) is 2.17. The summed E-state index contributed by atoms with van der Waals surface area (Å²) in [6.07, 6.45) is -2.59. The largest absolute Gasteiger partial charge is 0.425 e. The van der Waals surface area contributed by atoms with Crippen molar-refractivity contribution in [1.82, 2.24) is 0 Å². The van der Waals surface area contributed by atoms with Crippen LogP contribution in [0.5, 0.6) is 0 Å². The minimum absolute atomic E-state index is 0.0778. The Kier molecular flexibility index (Phi) is 2.54. The van der Waals surface area contributed by atoms with Crippen molar-refractivity contribution in [2.24, 2.45) is 10.6 Å². The quantitative estimate of drug-likeness (QED) is 0.621. The van der Waals surface area contributed by atoms with Gasteiger partial charge in [-0.2, -0.15) is 13.2 Å². The van der Waals surface area contributed by atoms with E-state index in [0.717, 1.165) is 18.6 Å². The zero-order valence-electron chi connectivity index (χ0n) is 7.61.